The maximum Gasteiger partial charge on any atom is 0.200 e. The van der Waals surface area contributed by atoms with Crippen LogP contribution in [0.3, 0.4) is 0 Å². The molecule has 27 heavy (non-hydrogen) atoms. The molecule has 0 aromatic heterocycles. The number of Topliss-reactive ketones (excluding diaryl/α,β-unsaturated/α-hetero) is 1. The van der Waals surface area contributed by atoms with E-state index >= 15 is 0 Å². The quantitative estimate of drug-likeness (QED) is 0.636. The second kappa shape index (κ2) is 5.62. The van der Waals surface area contributed by atoms with E-state index < -0.39 is 26.8 Å². The Hall–Kier alpha value is -2.76. The molecule has 0 unspecified atom stereocenters. The molecule has 0 bridgehead atoms. The van der Waals surface area contributed by atoms with Crippen molar-refractivity contribution in [1.82, 2.24) is 0 Å². The molecule has 1 fully saturated rings. The highest BCUT2D eigenvalue weighted by molar-refractivity contribution is 7.92. The van der Waals surface area contributed by atoms with Gasteiger partial charge in [0.05, 0.1) is 4.90 Å². The van der Waals surface area contributed by atoms with Gasteiger partial charge < -0.3 is 4.74 Å². The topological polar surface area (TPSA) is 63.7 Å². The van der Waals surface area contributed by atoms with Gasteiger partial charge in [-0.25, -0.2) is 8.42 Å². The number of sulfone groups is 1. The van der Waals surface area contributed by atoms with Gasteiger partial charge in [0.2, 0.25) is 5.78 Å². The number of ketones is 1. The van der Waals surface area contributed by atoms with E-state index in [1.165, 1.54) is 6.07 Å². The summed E-state index contributed by atoms with van der Waals surface area (Å²) in [5.41, 5.74) is 0.166. The van der Waals surface area contributed by atoms with Crippen LogP contribution in [0.5, 0.6) is 0 Å². The fraction of sp³-hybridized carbons (Fsp3) is 0.136. The lowest BCUT2D eigenvalue weighted by atomic mass is 9.85. The van der Waals surface area contributed by atoms with Crippen molar-refractivity contribution < 1.29 is 17.9 Å². The SMILES string of the molecule is O=C1c2ccccc2S(=O)(=O)[C@@H](c2ccccc2)[C@]12O[C@H]2c1ccccc1. The monoisotopic (exact) mass is 376 g/mol. The summed E-state index contributed by atoms with van der Waals surface area (Å²) in [5.74, 6) is -0.268. The number of rotatable bonds is 2. The van der Waals surface area contributed by atoms with E-state index in [2.05, 4.69) is 0 Å². The molecule has 0 radical (unpaired) electrons. The zero-order chi connectivity index (χ0) is 18.6. The van der Waals surface area contributed by atoms with Gasteiger partial charge >= 0.3 is 0 Å². The molecular weight excluding hydrogens is 360 g/mol. The van der Waals surface area contributed by atoms with E-state index in [0.717, 1.165) is 5.56 Å². The van der Waals surface area contributed by atoms with Crippen LogP contribution in [-0.4, -0.2) is 19.8 Å². The number of carbonyl (C=O) groups excluding carboxylic acids is 1. The number of hydrogen-bond acceptors (Lipinski definition) is 4. The Bertz CT molecular complexity index is 1140. The van der Waals surface area contributed by atoms with Crippen LogP contribution < -0.4 is 0 Å². The molecule has 5 heteroatoms. The smallest absolute Gasteiger partial charge is 0.200 e. The van der Waals surface area contributed by atoms with E-state index in [4.69, 9.17) is 4.74 Å². The van der Waals surface area contributed by atoms with Crippen LogP contribution >= 0.6 is 0 Å². The lowest BCUT2D eigenvalue weighted by Gasteiger charge is -2.30. The molecular formula is C22H16O4S. The van der Waals surface area contributed by atoms with Crippen LogP contribution in [0.25, 0.3) is 0 Å². The molecule has 3 atom stereocenters. The fourth-order valence-electron chi connectivity index (χ4n) is 4.12. The van der Waals surface area contributed by atoms with Gasteiger partial charge in [-0.05, 0) is 23.3 Å². The van der Waals surface area contributed by atoms with Crippen LogP contribution in [-0.2, 0) is 14.6 Å². The van der Waals surface area contributed by atoms with Crippen molar-refractivity contribution in [3.05, 3.63) is 102 Å². The Balaban J connectivity index is 1.77. The molecule has 0 N–H and O–H groups in total. The first-order valence-corrected chi connectivity index (χ1v) is 10.3. The van der Waals surface area contributed by atoms with Crippen molar-refractivity contribution in [2.24, 2.45) is 0 Å². The Morgan fingerprint density at radius 2 is 1.30 bits per heavy atom. The standard InChI is InChI=1S/C22H16O4S/c23-19-17-13-7-8-14-18(17)27(24,25)21(16-11-5-2-6-12-16)22(19)20(26-22)15-9-3-1-4-10-15/h1-14,20-21H/t20-,21-,22-/m0/s1. The van der Waals surface area contributed by atoms with Gasteiger partial charge in [0.15, 0.2) is 15.4 Å². The first kappa shape index (κ1) is 16.4. The summed E-state index contributed by atoms with van der Waals surface area (Å²) in [6.45, 7) is 0. The summed E-state index contributed by atoms with van der Waals surface area (Å²) in [6, 6.07) is 24.6. The van der Waals surface area contributed by atoms with Crippen LogP contribution in [0.2, 0.25) is 0 Å². The minimum atomic E-state index is -3.80. The average molecular weight is 376 g/mol. The molecule has 2 aliphatic heterocycles. The Kier molecular flexibility index (Phi) is 3.41. The average Bonchev–Trinajstić information content (AvgIpc) is 3.44. The Morgan fingerprint density at radius 1 is 0.741 bits per heavy atom. The predicted molar refractivity (Wildman–Crippen MR) is 100 cm³/mol. The van der Waals surface area contributed by atoms with Gasteiger partial charge in [-0.1, -0.05) is 72.8 Å². The molecule has 1 spiro atoms. The molecule has 2 aliphatic rings. The predicted octanol–water partition coefficient (Wildman–Crippen LogP) is 3.91. The molecule has 4 nitrogen and oxygen atoms in total. The summed E-state index contributed by atoms with van der Waals surface area (Å²) in [6.07, 6.45) is -0.584. The number of hydrogen-bond donors (Lipinski definition) is 0. The molecule has 1 saturated heterocycles. The van der Waals surface area contributed by atoms with E-state index in [1.807, 2.05) is 36.4 Å². The van der Waals surface area contributed by atoms with Crippen LogP contribution in [0.4, 0.5) is 0 Å². The molecule has 2 heterocycles. The lowest BCUT2D eigenvalue weighted by Crippen LogP contribution is -2.42. The molecule has 0 amide bonds. The highest BCUT2D eigenvalue weighted by Crippen LogP contribution is 2.63. The maximum absolute atomic E-state index is 13.6. The maximum atomic E-state index is 13.6. The van der Waals surface area contributed by atoms with Gasteiger partial charge in [0.25, 0.3) is 0 Å². The molecule has 0 aliphatic carbocycles. The van der Waals surface area contributed by atoms with Gasteiger partial charge in [0, 0.05) is 5.56 Å². The summed E-state index contributed by atoms with van der Waals surface area (Å²) in [4.78, 5) is 13.5. The van der Waals surface area contributed by atoms with Crippen LogP contribution in [0.1, 0.15) is 32.8 Å². The molecule has 5 rings (SSSR count). The highest BCUT2D eigenvalue weighted by atomic mass is 32.2. The number of benzene rings is 3. The van der Waals surface area contributed by atoms with Gasteiger partial charge in [-0.15, -0.1) is 0 Å². The van der Waals surface area contributed by atoms with Crippen molar-refractivity contribution in [2.75, 3.05) is 0 Å². The molecule has 3 aromatic carbocycles. The first-order valence-electron chi connectivity index (χ1n) is 8.72. The highest BCUT2D eigenvalue weighted by Gasteiger charge is 2.73. The summed E-state index contributed by atoms with van der Waals surface area (Å²) < 4.78 is 33.1. The van der Waals surface area contributed by atoms with Crippen molar-refractivity contribution in [3.63, 3.8) is 0 Å². The molecule has 0 saturated carbocycles. The third-order valence-electron chi connectivity index (χ3n) is 5.34. The number of ether oxygens (including phenoxy) is 1. The Labute approximate surface area is 157 Å². The van der Waals surface area contributed by atoms with Crippen molar-refractivity contribution in [2.45, 2.75) is 21.9 Å². The third-order valence-corrected chi connectivity index (χ3v) is 7.55. The van der Waals surface area contributed by atoms with Gasteiger partial charge in [-0.2, -0.15) is 0 Å². The van der Waals surface area contributed by atoms with Crippen molar-refractivity contribution in [1.29, 1.82) is 0 Å². The van der Waals surface area contributed by atoms with E-state index in [9.17, 15) is 13.2 Å². The molecule has 3 aromatic rings. The second-order valence-corrected chi connectivity index (χ2v) is 8.86. The number of epoxide rings is 1. The van der Waals surface area contributed by atoms with Crippen molar-refractivity contribution in [3.8, 4) is 0 Å². The number of carbonyl (C=O) groups is 1. The van der Waals surface area contributed by atoms with E-state index in [0.29, 0.717) is 5.56 Å². The van der Waals surface area contributed by atoms with Gasteiger partial charge in [-0.3, -0.25) is 4.79 Å². The number of fused-ring (bicyclic) bond motifs is 1. The minimum Gasteiger partial charge on any atom is -0.350 e. The largest absolute Gasteiger partial charge is 0.350 e. The first-order chi connectivity index (χ1) is 13.1. The lowest BCUT2D eigenvalue weighted by molar-refractivity contribution is 0.0856. The van der Waals surface area contributed by atoms with Gasteiger partial charge in [0.1, 0.15) is 11.4 Å². The normalized spacial score (nSPS) is 27.9. The summed E-state index contributed by atoms with van der Waals surface area (Å²) in [5, 5.41) is -1.07. The zero-order valence-corrected chi connectivity index (χ0v) is 15.1. The van der Waals surface area contributed by atoms with Crippen LogP contribution in [0.15, 0.2) is 89.8 Å². The van der Waals surface area contributed by atoms with Crippen LogP contribution in [0, 0.1) is 0 Å². The minimum absolute atomic E-state index is 0.0804. The summed E-state index contributed by atoms with van der Waals surface area (Å²) in [7, 11) is -3.80. The zero-order valence-electron chi connectivity index (χ0n) is 14.3. The fourth-order valence-corrected chi connectivity index (χ4v) is 6.37. The third kappa shape index (κ3) is 2.19. The second-order valence-electron chi connectivity index (χ2n) is 6.86. The Morgan fingerprint density at radius 3 is 1.96 bits per heavy atom. The van der Waals surface area contributed by atoms with E-state index in [1.54, 1.807) is 42.5 Å². The van der Waals surface area contributed by atoms with E-state index in [-0.39, 0.29) is 16.2 Å². The molecule has 134 valence electrons. The summed E-state index contributed by atoms with van der Waals surface area (Å²) >= 11 is 0. The van der Waals surface area contributed by atoms with Crippen molar-refractivity contribution >= 4 is 15.6 Å².